The molecule has 10 heteroatoms. The summed E-state index contributed by atoms with van der Waals surface area (Å²) in [5.41, 5.74) is 8.60. The molecule has 1 fully saturated rings. The second kappa shape index (κ2) is 12.4. The normalized spacial score (nSPS) is 14.2. The highest BCUT2D eigenvalue weighted by Gasteiger charge is 2.21. The third-order valence-electron chi connectivity index (χ3n) is 7.53. The molecule has 0 unspecified atom stereocenters. The van der Waals surface area contributed by atoms with Gasteiger partial charge in [0.1, 0.15) is 11.6 Å². The highest BCUT2D eigenvalue weighted by Crippen LogP contribution is 2.37. The van der Waals surface area contributed by atoms with E-state index >= 15 is 0 Å². The van der Waals surface area contributed by atoms with Crippen molar-refractivity contribution in [2.75, 3.05) is 38.7 Å². The quantitative estimate of drug-likeness (QED) is 0.266. The summed E-state index contributed by atoms with van der Waals surface area (Å²) in [4.78, 5) is 31.4. The van der Waals surface area contributed by atoms with Crippen LogP contribution in [0.2, 0.25) is 0 Å². The lowest BCUT2D eigenvalue weighted by molar-refractivity contribution is 0.102. The smallest absolute Gasteiger partial charge is 0.323 e. The Bertz CT molecular complexity index is 1540. The number of carbonyl (C=O) groups is 2. The summed E-state index contributed by atoms with van der Waals surface area (Å²) in [7, 11) is 1.51. The van der Waals surface area contributed by atoms with Crippen molar-refractivity contribution in [2.24, 2.45) is 5.73 Å². The van der Waals surface area contributed by atoms with Gasteiger partial charge in [-0.05, 0) is 81.1 Å². The second-order valence-electron chi connectivity index (χ2n) is 10.2. The number of rotatable bonds is 9. The van der Waals surface area contributed by atoms with Crippen LogP contribution < -0.4 is 20.5 Å². The van der Waals surface area contributed by atoms with Crippen LogP contribution in [-0.2, 0) is 0 Å². The Morgan fingerprint density at radius 2 is 1.83 bits per heavy atom. The van der Waals surface area contributed by atoms with Crippen molar-refractivity contribution in [1.82, 2.24) is 14.5 Å². The summed E-state index contributed by atoms with van der Waals surface area (Å²) in [6.07, 6.45) is 4.20. The number of piperidine rings is 1. The first-order valence-electron chi connectivity index (χ1n) is 13.7. The average Bonchev–Trinajstić information content (AvgIpc) is 3.30. The van der Waals surface area contributed by atoms with Gasteiger partial charge in [0, 0.05) is 41.5 Å². The van der Waals surface area contributed by atoms with E-state index in [4.69, 9.17) is 15.2 Å². The summed E-state index contributed by atoms with van der Waals surface area (Å²) < 4.78 is 25.5. The molecule has 214 valence electrons. The number of hydrogen-bond acceptors (Lipinski definition) is 6. The topological polar surface area (TPSA) is 112 Å². The molecule has 0 spiro atoms. The van der Waals surface area contributed by atoms with Crippen molar-refractivity contribution in [1.29, 1.82) is 0 Å². The molecule has 2 aromatic heterocycles. The lowest BCUT2D eigenvalue weighted by Gasteiger charge is -2.32. The SMILES string of the molecule is COc1cc2c(cc1Oc1ccnc(NC(=O)c3ccc(C4CCN(CCCF)CC4)cc3)c1)cc(C)n2C(N)=O. The Labute approximate surface area is 238 Å². The molecule has 3 heterocycles. The van der Waals surface area contributed by atoms with E-state index in [-0.39, 0.29) is 12.6 Å². The number of nitrogens with one attached hydrogen (secondary N) is 1. The number of alkyl halides is 1. The minimum Gasteiger partial charge on any atom is -0.493 e. The van der Waals surface area contributed by atoms with Crippen molar-refractivity contribution in [3.05, 3.63) is 77.6 Å². The molecular formula is C31H34FN5O4. The van der Waals surface area contributed by atoms with Gasteiger partial charge in [0.05, 0.1) is 19.3 Å². The van der Waals surface area contributed by atoms with E-state index < -0.39 is 6.03 Å². The van der Waals surface area contributed by atoms with Crippen molar-refractivity contribution in [2.45, 2.75) is 32.1 Å². The number of likely N-dealkylation sites (tertiary alicyclic amines) is 1. The summed E-state index contributed by atoms with van der Waals surface area (Å²) in [6.45, 7) is 4.28. The number of hydrogen-bond donors (Lipinski definition) is 2. The number of halogens is 1. The number of methoxy groups -OCH3 is 1. The van der Waals surface area contributed by atoms with Gasteiger partial charge < -0.3 is 25.4 Å². The number of amides is 2. The number of aromatic nitrogens is 2. The molecule has 2 amide bonds. The van der Waals surface area contributed by atoms with Gasteiger partial charge in [-0.15, -0.1) is 0 Å². The van der Waals surface area contributed by atoms with Gasteiger partial charge in [-0.1, -0.05) is 12.1 Å². The number of benzene rings is 2. The number of aryl methyl sites for hydroxylation is 1. The van der Waals surface area contributed by atoms with Crippen molar-refractivity contribution < 1.29 is 23.5 Å². The molecule has 1 saturated heterocycles. The number of primary amides is 1. The number of nitrogens with two attached hydrogens (primary N) is 1. The number of carbonyl (C=O) groups excluding carboxylic acids is 2. The highest BCUT2D eigenvalue weighted by atomic mass is 19.1. The van der Waals surface area contributed by atoms with E-state index in [1.807, 2.05) is 30.3 Å². The summed E-state index contributed by atoms with van der Waals surface area (Å²) in [5.74, 6) is 1.82. The predicted octanol–water partition coefficient (Wildman–Crippen LogP) is 5.86. The zero-order valence-corrected chi connectivity index (χ0v) is 23.2. The number of pyridine rings is 1. The van der Waals surface area contributed by atoms with Gasteiger partial charge in [0.25, 0.3) is 5.91 Å². The molecule has 1 aliphatic rings. The summed E-state index contributed by atoms with van der Waals surface area (Å²) >= 11 is 0. The van der Waals surface area contributed by atoms with Crippen LogP contribution in [0.1, 0.15) is 46.8 Å². The Balaban J connectivity index is 1.25. The molecule has 0 radical (unpaired) electrons. The second-order valence-corrected chi connectivity index (χ2v) is 10.2. The van der Waals surface area contributed by atoms with E-state index in [1.165, 1.54) is 17.2 Å². The standard InChI is InChI=1S/C31H34FN5O4/c1-20-16-24-17-28(27(40-2)19-26(24)37(20)31(33)39)41-25-8-12-34-29(18-25)35-30(38)23-6-4-21(5-7-23)22-9-14-36(15-10-22)13-3-11-32/h4-8,12,16-19,22H,3,9-11,13-15H2,1-2H3,(H2,33,39)(H,34,35,38). The van der Waals surface area contributed by atoms with Crippen LogP contribution in [0.3, 0.4) is 0 Å². The van der Waals surface area contributed by atoms with Crippen LogP contribution in [0, 0.1) is 6.92 Å². The third-order valence-corrected chi connectivity index (χ3v) is 7.53. The van der Waals surface area contributed by atoms with Gasteiger partial charge in [0.15, 0.2) is 11.5 Å². The fraction of sp³-hybridized carbons (Fsp3) is 0.323. The summed E-state index contributed by atoms with van der Waals surface area (Å²) in [5, 5.41) is 3.61. The maximum atomic E-state index is 13.0. The lowest BCUT2D eigenvalue weighted by Crippen LogP contribution is -2.33. The first-order valence-corrected chi connectivity index (χ1v) is 13.7. The van der Waals surface area contributed by atoms with E-state index in [0.717, 1.165) is 37.9 Å². The molecule has 41 heavy (non-hydrogen) atoms. The molecule has 0 saturated carbocycles. The van der Waals surface area contributed by atoms with Gasteiger partial charge in [-0.3, -0.25) is 13.8 Å². The molecule has 5 rings (SSSR count). The lowest BCUT2D eigenvalue weighted by atomic mass is 9.89. The van der Waals surface area contributed by atoms with Crippen LogP contribution in [0.4, 0.5) is 15.0 Å². The fourth-order valence-corrected chi connectivity index (χ4v) is 5.42. The zero-order chi connectivity index (χ0) is 28.9. The number of nitrogens with zero attached hydrogens (tertiary/aromatic N) is 3. The Kier molecular flexibility index (Phi) is 8.49. The minimum atomic E-state index is -0.579. The van der Waals surface area contributed by atoms with Gasteiger partial charge in [0.2, 0.25) is 0 Å². The van der Waals surface area contributed by atoms with Crippen LogP contribution in [0.5, 0.6) is 17.2 Å². The molecular weight excluding hydrogens is 525 g/mol. The van der Waals surface area contributed by atoms with Crippen LogP contribution >= 0.6 is 0 Å². The number of anilines is 1. The zero-order valence-electron chi connectivity index (χ0n) is 23.2. The van der Waals surface area contributed by atoms with E-state index in [2.05, 4.69) is 15.2 Å². The monoisotopic (exact) mass is 559 g/mol. The van der Waals surface area contributed by atoms with E-state index in [1.54, 1.807) is 37.4 Å². The number of fused-ring (bicyclic) bond motifs is 1. The Morgan fingerprint density at radius 1 is 1.07 bits per heavy atom. The molecule has 3 N–H and O–H groups in total. The average molecular weight is 560 g/mol. The van der Waals surface area contributed by atoms with Crippen molar-refractivity contribution >= 4 is 28.7 Å². The first kappa shape index (κ1) is 28.1. The molecule has 0 atom stereocenters. The Hall–Kier alpha value is -4.44. The third kappa shape index (κ3) is 6.33. The molecule has 1 aliphatic heterocycles. The fourth-order valence-electron chi connectivity index (χ4n) is 5.42. The van der Waals surface area contributed by atoms with Crippen LogP contribution in [0.25, 0.3) is 10.9 Å². The Morgan fingerprint density at radius 3 is 2.51 bits per heavy atom. The molecule has 9 nitrogen and oxygen atoms in total. The molecule has 4 aromatic rings. The van der Waals surface area contributed by atoms with Crippen LogP contribution in [0.15, 0.2) is 60.8 Å². The van der Waals surface area contributed by atoms with Crippen LogP contribution in [-0.4, -0.2) is 59.8 Å². The van der Waals surface area contributed by atoms with E-state index in [0.29, 0.717) is 52.2 Å². The van der Waals surface area contributed by atoms with Gasteiger partial charge >= 0.3 is 6.03 Å². The van der Waals surface area contributed by atoms with Gasteiger partial charge in [-0.25, -0.2) is 9.78 Å². The molecule has 2 aromatic carbocycles. The van der Waals surface area contributed by atoms with Gasteiger partial charge in [-0.2, -0.15) is 0 Å². The summed E-state index contributed by atoms with van der Waals surface area (Å²) in [6, 6.07) is 15.7. The van der Waals surface area contributed by atoms with Crippen molar-refractivity contribution in [3.8, 4) is 17.2 Å². The first-order chi connectivity index (χ1) is 19.9. The molecule has 0 aliphatic carbocycles. The van der Waals surface area contributed by atoms with Crippen molar-refractivity contribution in [3.63, 3.8) is 0 Å². The van der Waals surface area contributed by atoms with E-state index in [9.17, 15) is 14.0 Å². The highest BCUT2D eigenvalue weighted by molar-refractivity contribution is 6.03. The maximum Gasteiger partial charge on any atom is 0.323 e. The molecule has 0 bridgehead atoms. The number of ether oxygens (including phenoxy) is 2. The minimum absolute atomic E-state index is 0.268. The predicted molar refractivity (Wildman–Crippen MR) is 156 cm³/mol. The largest absolute Gasteiger partial charge is 0.493 e. The maximum absolute atomic E-state index is 13.0.